The molecule has 0 bridgehead atoms. The molecule has 0 aliphatic carbocycles. The second-order valence-electron chi connectivity index (χ2n) is 4.55. The van der Waals surface area contributed by atoms with E-state index in [-0.39, 0.29) is 30.6 Å². The first-order chi connectivity index (χ1) is 9.40. The molecule has 1 fully saturated rings. The minimum absolute atomic E-state index is 0.141. The Balaban J connectivity index is 2.46. The zero-order chi connectivity index (χ0) is 14.9. The van der Waals surface area contributed by atoms with E-state index < -0.39 is 20.7 Å². The van der Waals surface area contributed by atoms with Crippen LogP contribution in [0.2, 0.25) is 0 Å². The van der Waals surface area contributed by atoms with Crippen molar-refractivity contribution in [2.24, 2.45) is 5.73 Å². The lowest BCUT2D eigenvalue weighted by atomic mass is 10.3. The quantitative estimate of drug-likeness (QED) is 0.879. The monoisotopic (exact) mass is 304 g/mol. The van der Waals surface area contributed by atoms with E-state index in [2.05, 4.69) is 0 Å². The maximum Gasteiger partial charge on any atom is 0.246 e. The van der Waals surface area contributed by atoms with Gasteiger partial charge in [0.1, 0.15) is 10.7 Å². The van der Waals surface area contributed by atoms with Crippen LogP contribution >= 0.6 is 0 Å². The van der Waals surface area contributed by atoms with Crippen molar-refractivity contribution in [2.45, 2.75) is 17.4 Å². The second-order valence-corrected chi connectivity index (χ2v) is 6.46. The molecule has 0 unspecified atom stereocenters. The van der Waals surface area contributed by atoms with Gasteiger partial charge in [-0.2, -0.15) is 4.31 Å². The van der Waals surface area contributed by atoms with Crippen LogP contribution in [0.15, 0.2) is 17.0 Å². The van der Waals surface area contributed by atoms with Gasteiger partial charge in [0.15, 0.2) is 11.5 Å². The summed E-state index contributed by atoms with van der Waals surface area (Å²) in [6.45, 7) is 0.480. The van der Waals surface area contributed by atoms with Crippen molar-refractivity contribution in [1.29, 1.82) is 0 Å². The number of hydrogen-bond donors (Lipinski definition) is 1. The van der Waals surface area contributed by atoms with Gasteiger partial charge in [-0.1, -0.05) is 0 Å². The molecule has 1 heterocycles. The molecule has 2 N–H and O–H groups in total. The molecule has 8 heteroatoms. The molecule has 0 amide bonds. The highest BCUT2D eigenvalue weighted by Gasteiger charge is 2.33. The van der Waals surface area contributed by atoms with Crippen LogP contribution in [0, 0.1) is 5.82 Å². The molecule has 1 saturated heterocycles. The number of nitrogens with zero attached hydrogens (tertiary/aromatic N) is 1. The molecule has 1 aromatic rings. The van der Waals surface area contributed by atoms with Gasteiger partial charge in [-0.25, -0.2) is 12.8 Å². The van der Waals surface area contributed by atoms with E-state index in [0.29, 0.717) is 6.42 Å². The van der Waals surface area contributed by atoms with Crippen molar-refractivity contribution in [2.75, 3.05) is 27.3 Å². The summed E-state index contributed by atoms with van der Waals surface area (Å²) in [6.07, 6.45) is 0.564. The van der Waals surface area contributed by atoms with Gasteiger partial charge < -0.3 is 15.2 Å². The van der Waals surface area contributed by atoms with Gasteiger partial charge >= 0.3 is 0 Å². The normalized spacial score (nSPS) is 20.1. The standard InChI is InChI=1S/C12H17FN2O4S/c1-18-10-5-9(13)12(6-11(10)19-2)20(16,17)15-4-3-8(14)7-15/h5-6,8H,3-4,7,14H2,1-2H3/t8-/m0/s1. The topological polar surface area (TPSA) is 81.9 Å². The lowest BCUT2D eigenvalue weighted by Gasteiger charge is -2.17. The second kappa shape index (κ2) is 5.55. The molecule has 0 radical (unpaired) electrons. The third-order valence-corrected chi connectivity index (χ3v) is 5.12. The Hall–Kier alpha value is -1.38. The molecule has 20 heavy (non-hydrogen) atoms. The van der Waals surface area contributed by atoms with Crippen LogP contribution in [0.5, 0.6) is 11.5 Å². The maximum atomic E-state index is 14.0. The Labute approximate surface area is 117 Å². The number of hydrogen-bond acceptors (Lipinski definition) is 5. The van der Waals surface area contributed by atoms with Gasteiger partial charge in [0.2, 0.25) is 10.0 Å². The van der Waals surface area contributed by atoms with Crippen LogP contribution in [-0.4, -0.2) is 46.1 Å². The summed E-state index contributed by atoms with van der Waals surface area (Å²) in [6, 6.07) is 1.92. The molecule has 0 saturated carbocycles. The SMILES string of the molecule is COc1cc(F)c(S(=O)(=O)N2CC[C@H](N)C2)cc1OC. The summed E-state index contributed by atoms with van der Waals surface area (Å²) >= 11 is 0. The van der Waals surface area contributed by atoms with E-state index in [9.17, 15) is 12.8 Å². The largest absolute Gasteiger partial charge is 0.493 e. The third-order valence-electron chi connectivity index (χ3n) is 3.24. The number of nitrogens with two attached hydrogens (primary N) is 1. The van der Waals surface area contributed by atoms with Gasteiger partial charge in [-0.3, -0.25) is 0 Å². The maximum absolute atomic E-state index is 14.0. The summed E-state index contributed by atoms with van der Waals surface area (Å²) in [4.78, 5) is -0.427. The molecule has 1 aliphatic heterocycles. The van der Waals surface area contributed by atoms with Crippen LogP contribution < -0.4 is 15.2 Å². The highest BCUT2D eigenvalue weighted by atomic mass is 32.2. The molecule has 1 aromatic carbocycles. The van der Waals surface area contributed by atoms with Crippen LogP contribution in [0.25, 0.3) is 0 Å². The van der Waals surface area contributed by atoms with E-state index in [4.69, 9.17) is 15.2 Å². The number of methoxy groups -OCH3 is 2. The first-order valence-electron chi connectivity index (χ1n) is 6.07. The molecule has 6 nitrogen and oxygen atoms in total. The van der Waals surface area contributed by atoms with E-state index >= 15 is 0 Å². The Kier molecular flexibility index (Phi) is 4.17. The molecule has 0 spiro atoms. The Morgan fingerprint density at radius 2 is 1.90 bits per heavy atom. The van der Waals surface area contributed by atoms with Crippen molar-refractivity contribution >= 4 is 10.0 Å². The number of ether oxygens (including phenoxy) is 2. The average molecular weight is 304 g/mol. The molecule has 112 valence electrons. The summed E-state index contributed by atoms with van der Waals surface area (Å²) in [5, 5.41) is 0. The average Bonchev–Trinajstić information content (AvgIpc) is 2.85. The van der Waals surface area contributed by atoms with Crippen LogP contribution in [0.4, 0.5) is 4.39 Å². The number of sulfonamides is 1. The van der Waals surface area contributed by atoms with Gasteiger partial charge in [0, 0.05) is 31.3 Å². The summed E-state index contributed by atoms with van der Waals surface area (Å²) in [7, 11) is -1.21. The molecule has 1 atom stereocenters. The van der Waals surface area contributed by atoms with Crippen molar-refractivity contribution in [1.82, 2.24) is 4.31 Å². The van der Waals surface area contributed by atoms with E-state index in [1.807, 2.05) is 0 Å². The van der Waals surface area contributed by atoms with E-state index in [0.717, 1.165) is 12.1 Å². The van der Waals surface area contributed by atoms with Crippen molar-refractivity contribution in [3.8, 4) is 11.5 Å². The highest BCUT2D eigenvalue weighted by molar-refractivity contribution is 7.89. The van der Waals surface area contributed by atoms with Crippen LogP contribution in [-0.2, 0) is 10.0 Å². The Morgan fingerprint density at radius 3 is 2.40 bits per heavy atom. The smallest absolute Gasteiger partial charge is 0.246 e. The fraction of sp³-hybridized carbons (Fsp3) is 0.500. The van der Waals surface area contributed by atoms with Crippen molar-refractivity contribution in [3.05, 3.63) is 17.9 Å². The fourth-order valence-corrected chi connectivity index (χ4v) is 3.72. The first-order valence-corrected chi connectivity index (χ1v) is 7.51. The molecule has 2 rings (SSSR count). The van der Waals surface area contributed by atoms with Gasteiger partial charge in [0.25, 0.3) is 0 Å². The number of rotatable bonds is 4. The zero-order valence-electron chi connectivity index (χ0n) is 11.3. The minimum atomic E-state index is -3.92. The molecule has 0 aromatic heterocycles. The summed E-state index contributed by atoms with van der Waals surface area (Å²) in [5.74, 6) is -0.568. The zero-order valence-corrected chi connectivity index (χ0v) is 12.1. The highest BCUT2D eigenvalue weighted by Crippen LogP contribution is 2.33. The predicted octanol–water partition coefficient (Wildman–Crippen LogP) is 0.565. The number of halogens is 1. The van der Waals surface area contributed by atoms with Crippen molar-refractivity contribution in [3.63, 3.8) is 0 Å². The minimum Gasteiger partial charge on any atom is -0.493 e. The van der Waals surface area contributed by atoms with Gasteiger partial charge in [-0.15, -0.1) is 0 Å². The Bertz CT molecular complexity index is 606. The van der Waals surface area contributed by atoms with Crippen LogP contribution in [0.3, 0.4) is 0 Å². The van der Waals surface area contributed by atoms with Crippen LogP contribution in [0.1, 0.15) is 6.42 Å². The van der Waals surface area contributed by atoms with E-state index in [1.165, 1.54) is 18.5 Å². The lowest BCUT2D eigenvalue weighted by molar-refractivity contribution is 0.349. The summed E-state index contributed by atoms with van der Waals surface area (Å²) < 4.78 is 50.0. The van der Waals surface area contributed by atoms with Gasteiger partial charge in [0.05, 0.1) is 14.2 Å². The lowest BCUT2D eigenvalue weighted by Crippen LogP contribution is -2.32. The molecular formula is C12H17FN2O4S. The van der Waals surface area contributed by atoms with Crippen molar-refractivity contribution < 1.29 is 22.3 Å². The first kappa shape index (κ1) is 15.0. The predicted molar refractivity (Wildman–Crippen MR) is 70.9 cm³/mol. The molecular weight excluding hydrogens is 287 g/mol. The summed E-state index contributed by atoms with van der Waals surface area (Å²) in [5.41, 5.74) is 5.70. The fourth-order valence-electron chi connectivity index (χ4n) is 2.14. The Morgan fingerprint density at radius 1 is 1.30 bits per heavy atom. The number of benzene rings is 1. The molecule has 1 aliphatic rings. The third kappa shape index (κ3) is 2.58. The van der Waals surface area contributed by atoms with E-state index in [1.54, 1.807) is 0 Å². The van der Waals surface area contributed by atoms with Gasteiger partial charge in [-0.05, 0) is 6.42 Å².